The molecule has 0 aliphatic rings. The summed E-state index contributed by atoms with van der Waals surface area (Å²) in [5.74, 6) is -0.253. The van der Waals surface area contributed by atoms with Gasteiger partial charge >= 0.3 is 5.97 Å². The van der Waals surface area contributed by atoms with Gasteiger partial charge < -0.3 is 14.3 Å². The molecule has 26 heavy (non-hydrogen) atoms. The standard InChI is InChI=1S/C21H36O4Si/c1-7-24-20(23)14-13-18(22)16-19(15-17-11-9-8-10-12-17)25-26(5,6)21(2,3)4/h8-12,18-19,22H,7,13-16H2,1-6H3/t18-,19+/m0/s1. The Labute approximate surface area is 160 Å². The number of hydrogen-bond acceptors (Lipinski definition) is 4. The fraction of sp³-hybridized carbons (Fsp3) is 0.667. The molecule has 0 saturated carbocycles. The third-order valence-corrected chi connectivity index (χ3v) is 9.63. The zero-order valence-electron chi connectivity index (χ0n) is 17.2. The van der Waals surface area contributed by atoms with Crippen molar-refractivity contribution in [2.45, 2.75) is 83.7 Å². The Bertz CT molecular complexity index is 537. The van der Waals surface area contributed by atoms with Crippen LogP contribution in [0.2, 0.25) is 18.1 Å². The predicted molar refractivity (Wildman–Crippen MR) is 109 cm³/mol. The molecule has 4 nitrogen and oxygen atoms in total. The first kappa shape index (κ1) is 22.9. The quantitative estimate of drug-likeness (QED) is 0.471. The van der Waals surface area contributed by atoms with Crippen LogP contribution in [0.5, 0.6) is 0 Å². The van der Waals surface area contributed by atoms with Crippen LogP contribution in [-0.4, -0.2) is 38.2 Å². The van der Waals surface area contributed by atoms with E-state index in [1.807, 2.05) is 18.2 Å². The number of aliphatic hydroxyl groups excluding tert-OH is 1. The monoisotopic (exact) mass is 380 g/mol. The van der Waals surface area contributed by atoms with Crippen molar-refractivity contribution in [2.75, 3.05) is 6.61 Å². The highest BCUT2D eigenvalue weighted by Crippen LogP contribution is 2.38. The average Bonchev–Trinajstić information content (AvgIpc) is 2.52. The van der Waals surface area contributed by atoms with Crippen LogP contribution in [-0.2, 0) is 20.4 Å². The molecule has 0 fully saturated rings. The van der Waals surface area contributed by atoms with Crippen molar-refractivity contribution in [1.29, 1.82) is 0 Å². The van der Waals surface area contributed by atoms with Crippen LogP contribution in [0.1, 0.15) is 52.5 Å². The van der Waals surface area contributed by atoms with Gasteiger partial charge in [0.25, 0.3) is 0 Å². The van der Waals surface area contributed by atoms with Crippen molar-refractivity contribution < 1.29 is 19.1 Å². The summed E-state index contributed by atoms with van der Waals surface area (Å²) in [6.45, 7) is 13.3. The first-order valence-electron chi connectivity index (χ1n) is 9.60. The van der Waals surface area contributed by atoms with Gasteiger partial charge in [-0.1, -0.05) is 51.1 Å². The number of esters is 1. The summed E-state index contributed by atoms with van der Waals surface area (Å²) in [7, 11) is -1.95. The smallest absolute Gasteiger partial charge is 0.305 e. The van der Waals surface area contributed by atoms with Gasteiger partial charge in [-0.3, -0.25) is 4.79 Å². The van der Waals surface area contributed by atoms with Crippen LogP contribution in [0, 0.1) is 0 Å². The summed E-state index contributed by atoms with van der Waals surface area (Å²) in [6, 6.07) is 10.2. The maximum absolute atomic E-state index is 11.5. The highest BCUT2D eigenvalue weighted by atomic mass is 28.4. The average molecular weight is 381 g/mol. The zero-order valence-corrected chi connectivity index (χ0v) is 18.2. The van der Waals surface area contributed by atoms with Gasteiger partial charge in [0.1, 0.15) is 0 Å². The molecule has 0 aliphatic carbocycles. The molecule has 2 atom stereocenters. The first-order valence-corrected chi connectivity index (χ1v) is 12.5. The second-order valence-electron chi connectivity index (χ2n) is 8.42. The van der Waals surface area contributed by atoms with E-state index in [1.165, 1.54) is 5.56 Å². The summed E-state index contributed by atoms with van der Waals surface area (Å²) < 4.78 is 11.5. The summed E-state index contributed by atoms with van der Waals surface area (Å²) >= 11 is 0. The zero-order chi connectivity index (χ0) is 19.8. The van der Waals surface area contributed by atoms with Crippen LogP contribution in [0.4, 0.5) is 0 Å². The van der Waals surface area contributed by atoms with Crippen molar-refractivity contribution in [3.8, 4) is 0 Å². The maximum atomic E-state index is 11.5. The summed E-state index contributed by atoms with van der Waals surface area (Å²) in [5, 5.41) is 10.6. The Morgan fingerprint density at radius 2 is 1.81 bits per heavy atom. The lowest BCUT2D eigenvalue weighted by Gasteiger charge is -2.40. The van der Waals surface area contributed by atoms with E-state index in [0.717, 1.165) is 6.42 Å². The highest BCUT2D eigenvalue weighted by molar-refractivity contribution is 6.74. The molecule has 0 radical (unpaired) electrons. The number of benzene rings is 1. The second-order valence-corrected chi connectivity index (χ2v) is 13.2. The van der Waals surface area contributed by atoms with E-state index < -0.39 is 14.4 Å². The van der Waals surface area contributed by atoms with Gasteiger partial charge in [-0.2, -0.15) is 0 Å². The van der Waals surface area contributed by atoms with E-state index in [1.54, 1.807) is 6.92 Å². The number of rotatable bonds is 10. The minimum atomic E-state index is -1.95. The van der Waals surface area contributed by atoms with Gasteiger partial charge in [-0.25, -0.2) is 0 Å². The third kappa shape index (κ3) is 8.02. The van der Waals surface area contributed by atoms with Crippen molar-refractivity contribution in [2.24, 2.45) is 0 Å². The fourth-order valence-corrected chi connectivity index (χ4v) is 3.95. The number of ether oxygens (including phenoxy) is 1. The molecule has 0 unspecified atom stereocenters. The molecule has 1 N–H and O–H groups in total. The summed E-state index contributed by atoms with van der Waals surface area (Å²) in [4.78, 5) is 11.5. The molecule has 0 saturated heterocycles. The molecule has 5 heteroatoms. The molecule has 0 spiro atoms. The molecule has 1 aromatic rings. The van der Waals surface area contributed by atoms with E-state index in [9.17, 15) is 9.90 Å². The molecular formula is C21H36O4Si. The molecule has 0 aliphatic heterocycles. The van der Waals surface area contributed by atoms with Gasteiger partial charge in [0.2, 0.25) is 0 Å². The third-order valence-electron chi connectivity index (χ3n) is 5.10. The van der Waals surface area contributed by atoms with Crippen molar-refractivity contribution in [1.82, 2.24) is 0 Å². The van der Waals surface area contributed by atoms with Gasteiger partial charge in [0, 0.05) is 6.42 Å². The number of carbonyl (C=O) groups excluding carboxylic acids is 1. The Balaban J connectivity index is 2.75. The maximum Gasteiger partial charge on any atom is 0.305 e. The molecule has 0 heterocycles. The van der Waals surface area contributed by atoms with Gasteiger partial charge in [0.15, 0.2) is 8.32 Å². The Kier molecular flexibility index (Phi) is 9.00. The van der Waals surface area contributed by atoms with Crippen LogP contribution in [0.3, 0.4) is 0 Å². The Morgan fingerprint density at radius 3 is 2.35 bits per heavy atom. The van der Waals surface area contributed by atoms with Crippen molar-refractivity contribution in [3.05, 3.63) is 35.9 Å². The SMILES string of the molecule is CCOC(=O)CC[C@H](O)C[C@@H](Cc1ccccc1)O[Si](C)(C)C(C)(C)C. The second kappa shape index (κ2) is 10.2. The van der Waals surface area contributed by atoms with E-state index in [-0.39, 0.29) is 23.5 Å². The summed E-state index contributed by atoms with van der Waals surface area (Å²) in [6.07, 6.45) is 1.32. The Morgan fingerprint density at radius 1 is 1.19 bits per heavy atom. The lowest BCUT2D eigenvalue weighted by Crippen LogP contribution is -2.45. The van der Waals surface area contributed by atoms with E-state index >= 15 is 0 Å². The minimum absolute atomic E-state index is 0.0597. The largest absolute Gasteiger partial charge is 0.466 e. The Hall–Kier alpha value is -1.17. The fourth-order valence-electron chi connectivity index (χ4n) is 2.58. The molecule has 0 bridgehead atoms. The predicted octanol–water partition coefficient (Wildman–Crippen LogP) is 4.71. The molecule has 0 aromatic heterocycles. The lowest BCUT2D eigenvalue weighted by atomic mass is 10.0. The lowest BCUT2D eigenvalue weighted by molar-refractivity contribution is -0.143. The number of aliphatic hydroxyl groups is 1. The molecular weight excluding hydrogens is 344 g/mol. The van der Waals surface area contributed by atoms with Crippen LogP contribution in [0.25, 0.3) is 0 Å². The number of carbonyl (C=O) groups is 1. The van der Waals surface area contributed by atoms with Gasteiger partial charge in [-0.15, -0.1) is 0 Å². The van der Waals surface area contributed by atoms with Crippen molar-refractivity contribution >= 4 is 14.3 Å². The van der Waals surface area contributed by atoms with Crippen LogP contribution < -0.4 is 0 Å². The molecule has 148 valence electrons. The molecule has 1 aromatic carbocycles. The number of hydrogen-bond donors (Lipinski definition) is 1. The molecule has 0 amide bonds. The van der Waals surface area contributed by atoms with Crippen LogP contribution >= 0.6 is 0 Å². The summed E-state index contributed by atoms with van der Waals surface area (Å²) in [5.41, 5.74) is 1.20. The normalized spacial score (nSPS) is 14.7. The van der Waals surface area contributed by atoms with Gasteiger partial charge in [-0.05, 0) is 49.9 Å². The molecule has 1 rings (SSSR count). The van der Waals surface area contributed by atoms with E-state index in [0.29, 0.717) is 19.4 Å². The van der Waals surface area contributed by atoms with E-state index in [4.69, 9.17) is 9.16 Å². The topological polar surface area (TPSA) is 55.8 Å². The minimum Gasteiger partial charge on any atom is -0.466 e. The first-order chi connectivity index (χ1) is 12.0. The van der Waals surface area contributed by atoms with Gasteiger partial charge in [0.05, 0.1) is 18.8 Å². The highest BCUT2D eigenvalue weighted by Gasteiger charge is 2.39. The van der Waals surface area contributed by atoms with E-state index in [2.05, 4.69) is 46.0 Å². The van der Waals surface area contributed by atoms with Crippen molar-refractivity contribution in [3.63, 3.8) is 0 Å². The van der Waals surface area contributed by atoms with Crippen LogP contribution in [0.15, 0.2) is 30.3 Å².